The maximum absolute atomic E-state index is 8.93. The van der Waals surface area contributed by atoms with Crippen molar-refractivity contribution in [2.75, 3.05) is 0 Å². The zero-order valence-electron chi connectivity index (χ0n) is 93.7. The average molecular weight is 1490 g/mol. The molecule has 0 bridgehead atoms. The molecule has 570 valence electrons. The van der Waals surface area contributed by atoms with Crippen molar-refractivity contribution in [2.24, 2.45) is 44.4 Å². The highest BCUT2D eigenvalue weighted by molar-refractivity contribution is 5.80. The smallest absolute Gasteiger partial charge is 0.201 e. The molecule has 0 N–H and O–H groups in total. The number of pyridine rings is 4. The maximum Gasteiger partial charge on any atom is 0.212 e. The number of benzene rings is 8. The van der Waals surface area contributed by atoms with Gasteiger partial charge in [-0.3, -0.25) is 0 Å². The highest BCUT2D eigenvalue weighted by atomic mass is 14.9. The van der Waals surface area contributed by atoms with Gasteiger partial charge >= 0.3 is 0 Å². The van der Waals surface area contributed by atoms with E-state index in [0.717, 1.165) is 137 Å². The number of rotatable bonds is 12. The third-order valence-corrected chi connectivity index (χ3v) is 20.2. The van der Waals surface area contributed by atoms with Gasteiger partial charge in [-0.1, -0.05) is 209 Å². The van der Waals surface area contributed by atoms with Crippen LogP contribution in [-0.4, -0.2) is 0 Å². The van der Waals surface area contributed by atoms with Crippen molar-refractivity contribution < 1.29 is 52.5 Å². The first-order chi connectivity index (χ1) is 61.8. The van der Waals surface area contributed by atoms with Gasteiger partial charge in [-0.15, -0.1) is 0 Å². The van der Waals surface area contributed by atoms with Crippen molar-refractivity contribution in [3.8, 4) is 89.5 Å². The summed E-state index contributed by atoms with van der Waals surface area (Å²) in [6, 6.07) is 57.0. The van der Waals surface area contributed by atoms with Crippen LogP contribution in [0.1, 0.15) is 228 Å². The van der Waals surface area contributed by atoms with Gasteiger partial charge in [-0.05, 0) is 297 Å². The molecular formula is C106H130N4+4. The van der Waals surface area contributed by atoms with E-state index in [2.05, 4.69) is 12.1 Å². The van der Waals surface area contributed by atoms with E-state index in [0.29, 0.717) is 61.2 Å². The number of aromatic nitrogens is 4. The lowest BCUT2D eigenvalue weighted by Crippen LogP contribution is -2.31. The van der Waals surface area contributed by atoms with Crippen LogP contribution >= 0.6 is 0 Å². The fourth-order valence-corrected chi connectivity index (χ4v) is 14.4. The summed E-state index contributed by atoms with van der Waals surface area (Å²) in [6.07, 6.45) is 5.54. The lowest BCUT2D eigenvalue weighted by atomic mass is 9.83. The summed E-state index contributed by atoms with van der Waals surface area (Å²) in [4.78, 5) is 0. The van der Waals surface area contributed by atoms with Crippen molar-refractivity contribution >= 4 is 0 Å². The Bertz CT molecular complexity index is 6220. The SMILES string of the molecule is [2H]C([2H])([2H])c1c[n+](C)c(-c2cc(-c3cccc(C4([2H])CCCC4)c3)c(C([2H])([2H])[2H])cc2C)cc1C.[2H]C([2H])([2H])c1c[n+](C)c(-c2cc(-c3ccccc3C([2H])([2H])C(C)(C)C)c(C([2H])([2H])[2H])cc2C)cc1C.[2H]C([2H])([2H])c1c[n+](C)c(-c2cc(-c3ccccc3C([2H])([2H])C(C)(C)C)ccc2C)cc1C.[2H]C([2H])([2H])c1c[n+](C)c(-c2cc(-c3ccccc3C([2H])([2H])C(C)(C)C)ccc2C)cc1C. The Kier molecular flexibility index (Phi) is 17.3. The first-order valence-electron chi connectivity index (χ1n) is 50.7. The quantitative estimate of drug-likeness (QED) is 0.108. The molecule has 0 aliphatic heterocycles. The molecule has 1 fully saturated rings. The minimum Gasteiger partial charge on any atom is -0.201 e. The molecule has 0 amide bonds. The molecule has 4 nitrogen and oxygen atoms in total. The molecule has 0 atom stereocenters. The van der Waals surface area contributed by atoms with Gasteiger partial charge in [0, 0.05) is 103 Å². The van der Waals surface area contributed by atoms with E-state index in [-0.39, 0.29) is 16.7 Å². The second kappa shape index (κ2) is 34.7. The van der Waals surface area contributed by atoms with E-state index >= 15 is 0 Å². The van der Waals surface area contributed by atoms with Crippen LogP contribution in [0.5, 0.6) is 0 Å². The molecule has 0 unspecified atom stereocenters. The molecule has 12 aromatic rings. The maximum atomic E-state index is 8.93. The van der Waals surface area contributed by atoms with Gasteiger partial charge in [-0.2, -0.15) is 0 Å². The third-order valence-electron chi connectivity index (χ3n) is 20.2. The fraction of sp³-hybridized carbons (Fsp3) is 0.358. The number of hydrogen-bond acceptors (Lipinski definition) is 0. The normalized spacial score (nSPS) is 17.2. The first kappa shape index (κ1) is 54.9. The van der Waals surface area contributed by atoms with Gasteiger partial charge in [0.2, 0.25) is 22.8 Å². The molecule has 0 saturated heterocycles. The number of hydrogen-bond donors (Lipinski definition) is 0. The lowest BCUT2D eigenvalue weighted by Gasteiger charge is -2.22. The molecule has 1 aliphatic carbocycles. The van der Waals surface area contributed by atoms with Crippen LogP contribution in [0, 0.1) is 113 Å². The summed E-state index contributed by atoms with van der Waals surface area (Å²) in [5.74, 6) is -0.627. The van der Waals surface area contributed by atoms with Crippen molar-refractivity contribution in [2.45, 2.75) is 210 Å². The number of aryl methyl sites for hydroxylation is 18. The molecule has 4 aromatic heterocycles. The standard InChI is InChI=1S/C27H32N.C27H34N.2C26H32N/c1-18-14-27(28(5)17-21(18)4)26-16-25(19(2)13-20(26)3)24-12-8-11-23(15-24)22-9-6-7-10-22;1-18-14-26(28(8)17-21(18)4)25-15-24(19(2)13-20(25)3)23-12-10-9-11-22(23)16-27(5,6)7;2*1-18-12-13-21(23-11-9-8-10-22(23)16-26(4,5)6)15-24(18)25-14-19(2)20(3)17-27(25)7/h8,11-17,22H,6-7,9-10H2,1-5H3;9-15,17H,16H2,1-8H3;2*8-15,17H,16H2,1-7H3/q4*+1/i2D3,4D3,22D;2D3,4D3,16D2;2*3D3,16D2. The van der Waals surface area contributed by atoms with Crippen molar-refractivity contribution in [3.05, 3.63) is 307 Å². The highest BCUT2D eigenvalue weighted by Crippen LogP contribution is 2.41. The summed E-state index contributed by atoms with van der Waals surface area (Å²) in [5, 5.41) is 0. The van der Waals surface area contributed by atoms with Crippen molar-refractivity contribution in [1.29, 1.82) is 0 Å². The monoisotopic (exact) mass is 1480 g/mol. The first-order valence-corrected chi connectivity index (χ1v) is 38.2. The molecule has 0 radical (unpaired) electrons. The van der Waals surface area contributed by atoms with Gasteiger partial charge in [0.1, 0.15) is 28.2 Å². The summed E-state index contributed by atoms with van der Waals surface area (Å²) in [6.45, 7) is 18.5. The van der Waals surface area contributed by atoms with Crippen LogP contribution in [0.2, 0.25) is 0 Å². The predicted octanol–water partition coefficient (Wildman–Crippen LogP) is 26.1. The van der Waals surface area contributed by atoms with Crippen LogP contribution in [0.25, 0.3) is 89.5 Å². The van der Waals surface area contributed by atoms with Crippen LogP contribution in [0.4, 0.5) is 0 Å². The van der Waals surface area contributed by atoms with E-state index in [1.54, 1.807) is 97.3 Å². The largest absolute Gasteiger partial charge is 0.212 e. The topological polar surface area (TPSA) is 15.5 Å². The summed E-state index contributed by atoms with van der Waals surface area (Å²) >= 11 is 0. The Balaban J connectivity index is 0.000000186. The van der Waals surface area contributed by atoms with Crippen LogP contribution in [0.3, 0.4) is 0 Å². The van der Waals surface area contributed by atoms with Gasteiger partial charge < -0.3 is 0 Å². The van der Waals surface area contributed by atoms with Crippen LogP contribution in [0.15, 0.2) is 207 Å². The Morgan fingerprint density at radius 2 is 0.609 bits per heavy atom. The molecule has 110 heavy (non-hydrogen) atoms. The molecule has 4 heterocycles. The highest BCUT2D eigenvalue weighted by Gasteiger charge is 2.26. The predicted molar refractivity (Wildman–Crippen MR) is 471 cm³/mol. The van der Waals surface area contributed by atoms with Gasteiger partial charge in [0.05, 0.1) is 0 Å². The molecule has 8 aromatic carbocycles. The van der Waals surface area contributed by atoms with Gasteiger partial charge in [0.15, 0.2) is 24.8 Å². The molecule has 0 spiro atoms. The molecular weight excluding hydrogens is 1330 g/mol. The summed E-state index contributed by atoms with van der Waals surface area (Å²) in [5.41, 5.74) is 21.9. The summed E-state index contributed by atoms with van der Waals surface area (Å²) < 4.78 is 212. The van der Waals surface area contributed by atoms with E-state index in [4.69, 9.17) is 34.3 Å². The van der Waals surface area contributed by atoms with Crippen molar-refractivity contribution in [1.82, 2.24) is 0 Å². The zero-order chi connectivity index (χ0) is 101. The van der Waals surface area contributed by atoms with E-state index < -0.39 is 82.4 Å². The molecule has 1 aliphatic rings. The second-order valence-electron chi connectivity index (χ2n) is 33.1. The molecule has 4 heteroatoms. The third kappa shape index (κ3) is 20.5. The molecule has 1 saturated carbocycles. The second-order valence-corrected chi connectivity index (χ2v) is 33.1. The Morgan fingerprint density at radius 1 is 0.291 bits per heavy atom. The number of nitrogens with zero attached hydrogens (tertiary/aromatic N) is 4. The van der Waals surface area contributed by atoms with E-state index in [1.165, 1.54) is 0 Å². The van der Waals surface area contributed by atoms with Crippen LogP contribution in [-0.2, 0) is 47.3 Å². The van der Waals surface area contributed by atoms with Crippen molar-refractivity contribution in [3.63, 3.8) is 0 Å². The fourth-order valence-electron chi connectivity index (χ4n) is 14.4. The van der Waals surface area contributed by atoms with Gasteiger partial charge in [-0.25, -0.2) is 18.3 Å². The minimum absolute atomic E-state index is 0.152. The average Bonchev–Trinajstić information content (AvgIpc) is 1.07. The van der Waals surface area contributed by atoms with Gasteiger partial charge in [0.25, 0.3) is 0 Å². The van der Waals surface area contributed by atoms with E-state index in [1.807, 2.05) is 262 Å². The summed E-state index contributed by atoms with van der Waals surface area (Å²) in [7, 11) is 7.31. The van der Waals surface area contributed by atoms with Crippen LogP contribution < -0.4 is 18.3 Å². The zero-order valence-corrected chi connectivity index (χ0v) is 68.7. The Labute approximate surface area is 700 Å². The minimum atomic E-state index is -2.41. The lowest BCUT2D eigenvalue weighted by molar-refractivity contribution is -0.660. The molecule has 13 rings (SSSR count). The Morgan fingerprint density at radius 3 is 0.973 bits per heavy atom. The Hall–Kier alpha value is -9.64. The van der Waals surface area contributed by atoms with E-state index in [9.17, 15) is 0 Å².